The van der Waals surface area contributed by atoms with Gasteiger partial charge in [-0.2, -0.15) is 0 Å². The van der Waals surface area contributed by atoms with Gasteiger partial charge in [0.2, 0.25) is 5.78 Å². The quantitative estimate of drug-likeness (QED) is 0.460. The van der Waals surface area contributed by atoms with Crippen LogP contribution in [0.1, 0.15) is 48.9 Å². The third kappa shape index (κ3) is 5.94. The molecule has 0 radical (unpaired) electrons. The van der Waals surface area contributed by atoms with E-state index < -0.39 is 0 Å². The molecule has 0 saturated heterocycles. The molecule has 0 atom stereocenters. The molecule has 14 heavy (non-hydrogen) atoms. The summed E-state index contributed by atoms with van der Waals surface area (Å²) in [6.07, 6.45) is 1.30. The molecule has 0 spiro atoms. The van der Waals surface area contributed by atoms with Gasteiger partial charge in [0.25, 0.3) is 0 Å². The molecule has 0 aliphatic carbocycles. The van der Waals surface area contributed by atoms with Crippen molar-refractivity contribution in [3.05, 3.63) is 0 Å². The van der Waals surface area contributed by atoms with Crippen LogP contribution in [0.15, 0.2) is 0 Å². The summed E-state index contributed by atoms with van der Waals surface area (Å²) >= 11 is 0. The van der Waals surface area contributed by atoms with Gasteiger partial charge in [-0.25, -0.2) is 0 Å². The molecule has 0 bridgehead atoms. The Morgan fingerprint density at radius 3 is 2.00 bits per heavy atom. The first kappa shape index (κ1) is 16.8. The zero-order valence-corrected chi connectivity index (χ0v) is 12.3. The van der Waals surface area contributed by atoms with Crippen molar-refractivity contribution < 1.29 is 40.6 Å². The summed E-state index contributed by atoms with van der Waals surface area (Å²) in [7, 11) is 0. The molecule has 78 valence electrons. The van der Waals surface area contributed by atoms with E-state index in [1.54, 1.807) is 13.8 Å². The van der Waals surface area contributed by atoms with E-state index in [4.69, 9.17) is 0 Å². The minimum Gasteiger partial charge on any atom is -1.00 e. The van der Waals surface area contributed by atoms with E-state index in [-0.39, 0.29) is 53.9 Å². The largest absolute Gasteiger partial charge is 1.00 e. The molecule has 0 rings (SSSR count). The third-order valence-electron chi connectivity index (χ3n) is 2.40. The van der Waals surface area contributed by atoms with Gasteiger partial charge in [0.15, 0.2) is 5.78 Å². The van der Waals surface area contributed by atoms with Crippen LogP contribution in [-0.2, 0) is 9.59 Å². The van der Waals surface area contributed by atoms with Crippen LogP contribution in [0, 0.1) is 11.3 Å². The fourth-order valence-corrected chi connectivity index (χ4v) is 0.969. The first-order valence-corrected chi connectivity index (χ1v) is 4.87. The molecule has 3 heteroatoms. The van der Waals surface area contributed by atoms with E-state index in [1.807, 2.05) is 20.8 Å². The standard InChI is InChI=1S/C11H20O2.Na.H/c1-6-11(4,5)7-9(12)10(13)8(2)3;;/h8H,6-7H2,1-5H3;;/q;+1;-1. The van der Waals surface area contributed by atoms with Gasteiger partial charge in [-0.1, -0.05) is 41.0 Å². The summed E-state index contributed by atoms with van der Waals surface area (Å²) in [6.45, 7) is 9.59. The molecule has 0 aliphatic rings. The Hall–Kier alpha value is 0.340. The number of hydrogen-bond donors (Lipinski definition) is 0. The normalized spacial score (nSPS) is 11.0. The molecule has 0 N–H and O–H groups in total. The molecule has 0 aromatic rings. The molecule has 0 heterocycles. The Morgan fingerprint density at radius 2 is 1.71 bits per heavy atom. The Labute approximate surface area is 111 Å². The predicted molar refractivity (Wildman–Crippen MR) is 54.7 cm³/mol. The van der Waals surface area contributed by atoms with Crippen molar-refractivity contribution in [3.8, 4) is 0 Å². The maximum absolute atomic E-state index is 11.4. The van der Waals surface area contributed by atoms with Crippen LogP contribution >= 0.6 is 0 Å². The average molecular weight is 208 g/mol. The van der Waals surface area contributed by atoms with Gasteiger partial charge in [-0.15, -0.1) is 0 Å². The van der Waals surface area contributed by atoms with Crippen molar-refractivity contribution in [2.24, 2.45) is 11.3 Å². The maximum atomic E-state index is 11.4. The Morgan fingerprint density at radius 1 is 1.29 bits per heavy atom. The first-order valence-electron chi connectivity index (χ1n) is 4.87. The van der Waals surface area contributed by atoms with Crippen LogP contribution in [0.3, 0.4) is 0 Å². The van der Waals surface area contributed by atoms with Gasteiger partial charge in [0.05, 0.1) is 0 Å². The first-order chi connectivity index (χ1) is 5.80. The summed E-state index contributed by atoms with van der Waals surface area (Å²) in [4.78, 5) is 22.7. The van der Waals surface area contributed by atoms with Gasteiger partial charge in [0, 0.05) is 12.3 Å². The van der Waals surface area contributed by atoms with Crippen LogP contribution in [-0.4, -0.2) is 11.6 Å². The van der Waals surface area contributed by atoms with Crippen LogP contribution in [0.5, 0.6) is 0 Å². The van der Waals surface area contributed by atoms with Crippen molar-refractivity contribution in [1.29, 1.82) is 0 Å². The Bertz CT molecular complexity index is 213. The summed E-state index contributed by atoms with van der Waals surface area (Å²) in [5.41, 5.74) is -0.0400. The van der Waals surface area contributed by atoms with Crippen molar-refractivity contribution in [3.63, 3.8) is 0 Å². The van der Waals surface area contributed by atoms with Crippen molar-refractivity contribution in [2.45, 2.75) is 47.5 Å². The molecule has 0 aromatic heterocycles. The summed E-state index contributed by atoms with van der Waals surface area (Å²) in [5, 5.41) is 0. The van der Waals surface area contributed by atoms with Gasteiger partial charge in [-0.05, 0) is 5.41 Å². The molecular weight excluding hydrogens is 187 g/mol. The SMILES string of the molecule is CCC(C)(C)CC(=O)C(=O)C(C)C.[H-].[Na+]. The van der Waals surface area contributed by atoms with Gasteiger partial charge >= 0.3 is 29.6 Å². The summed E-state index contributed by atoms with van der Waals surface area (Å²) in [6, 6.07) is 0. The van der Waals surface area contributed by atoms with Crippen LogP contribution in [0.25, 0.3) is 0 Å². The van der Waals surface area contributed by atoms with E-state index in [0.717, 1.165) is 6.42 Å². The maximum Gasteiger partial charge on any atom is 1.00 e. The molecule has 0 unspecified atom stereocenters. The number of hydrogen-bond acceptors (Lipinski definition) is 2. The fourth-order valence-electron chi connectivity index (χ4n) is 0.969. The number of carbonyl (C=O) groups is 2. The summed E-state index contributed by atoms with van der Waals surface area (Å²) < 4.78 is 0. The minimum absolute atomic E-state index is 0. The predicted octanol–water partition coefficient (Wildman–Crippen LogP) is -0.277. The number of rotatable bonds is 5. The van der Waals surface area contributed by atoms with Crippen LogP contribution in [0.4, 0.5) is 0 Å². The van der Waals surface area contributed by atoms with Gasteiger partial charge < -0.3 is 1.43 Å². The van der Waals surface area contributed by atoms with Crippen molar-refractivity contribution >= 4 is 11.6 Å². The molecular formula is C11H21NaO2. The Kier molecular flexibility index (Phi) is 8.09. The van der Waals surface area contributed by atoms with E-state index in [1.165, 1.54) is 0 Å². The second-order valence-electron chi connectivity index (χ2n) is 4.64. The van der Waals surface area contributed by atoms with Gasteiger partial charge in [-0.3, -0.25) is 9.59 Å². The van der Waals surface area contributed by atoms with Crippen molar-refractivity contribution in [1.82, 2.24) is 0 Å². The number of carbonyl (C=O) groups excluding carboxylic acids is 2. The monoisotopic (exact) mass is 208 g/mol. The smallest absolute Gasteiger partial charge is 1.00 e. The van der Waals surface area contributed by atoms with E-state index in [9.17, 15) is 9.59 Å². The molecule has 0 aliphatic heterocycles. The zero-order chi connectivity index (χ0) is 10.6. The average Bonchev–Trinajstić information content (AvgIpc) is 2.02. The second-order valence-corrected chi connectivity index (χ2v) is 4.64. The van der Waals surface area contributed by atoms with E-state index >= 15 is 0 Å². The Balaban J connectivity index is -0.000000720. The molecule has 0 fully saturated rings. The molecule has 0 amide bonds. The topological polar surface area (TPSA) is 34.1 Å². The fraction of sp³-hybridized carbons (Fsp3) is 0.818. The molecule has 2 nitrogen and oxygen atoms in total. The minimum atomic E-state index is -0.235. The second kappa shape index (κ2) is 6.76. The molecule has 0 aromatic carbocycles. The number of Topliss-reactive ketones (excluding diaryl/α,β-unsaturated/α-hetero) is 2. The molecule has 0 saturated carbocycles. The van der Waals surface area contributed by atoms with Crippen molar-refractivity contribution in [2.75, 3.05) is 0 Å². The van der Waals surface area contributed by atoms with Crippen LogP contribution in [0.2, 0.25) is 0 Å². The summed E-state index contributed by atoms with van der Waals surface area (Å²) in [5.74, 6) is -0.622. The van der Waals surface area contributed by atoms with Gasteiger partial charge in [0.1, 0.15) is 0 Å². The third-order valence-corrected chi connectivity index (χ3v) is 2.40. The number of ketones is 2. The van der Waals surface area contributed by atoms with E-state index in [2.05, 4.69) is 0 Å². The van der Waals surface area contributed by atoms with E-state index in [0.29, 0.717) is 6.42 Å². The van der Waals surface area contributed by atoms with Crippen LogP contribution < -0.4 is 29.6 Å². The zero-order valence-electron chi connectivity index (χ0n) is 11.3.